The van der Waals surface area contributed by atoms with Gasteiger partial charge < -0.3 is 24.1 Å². The summed E-state index contributed by atoms with van der Waals surface area (Å²) in [6.07, 6.45) is -0.0140. The highest BCUT2D eigenvalue weighted by molar-refractivity contribution is 6.51. The van der Waals surface area contributed by atoms with Crippen molar-refractivity contribution in [3.8, 4) is 23.0 Å². The molecule has 208 valence electrons. The number of hydrogen-bond acceptors (Lipinski definition) is 7. The van der Waals surface area contributed by atoms with Gasteiger partial charge in [0, 0.05) is 17.3 Å². The largest absolute Gasteiger partial charge is 0.507 e. The summed E-state index contributed by atoms with van der Waals surface area (Å²) in [6.45, 7) is 10.4. The maximum absolute atomic E-state index is 13.6. The van der Waals surface area contributed by atoms with E-state index < -0.39 is 17.7 Å². The number of benzene rings is 3. The molecule has 2 aliphatic heterocycles. The van der Waals surface area contributed by atoms with Crippen molar-refractivity contribution < 1.29 is 33.6 Å². The Labute approximate surface area is 233 Å². The van der Waals surface area contributed by atoms with Crippen molar-refractivity contribution in [1.82, 2.24) is 0 Å². The molecule has 1 unspecified atom stereocenters. The summed E-state index contributed by atoms with van der Waals surface area (Å²) in [5, 5.41) is 11.6. The van der Waals surface area contributed by atoms with E-state index in [1.165, 1.54) is 4.90 Å². The van der Waals surface area contributed by atoms with E-state index in [4.69, 9.17) is 18.9 Å². The number of rotatable bonds is 8. The molecule has 40 heavy (non-hydrogen) atoms. The number of aliphatic hydroxyl groups is 1. The van der Waals surface area contributed by atoms with E-state index in [1.54, 1.807) is 54.6 Å². The molecular weight excluding hydrogens is 510 g/mol. The number of ether oxygens (including phenoxy) is 4. The number of Topliss-reactive ketones (excluding diaryl/α,β-unsaturated/α-hetero) is 1. The Morgan fingerprint density at radius 1 is 0.975 bits per heavy atom. The van der Waals surface area contributed by atoms with Crippen LogP contribution in [0.25, 0.3) is 5.76 Å². The maximum atomic E-state index is 13.6. The zero-order valence-electron chi connectivity index (χ0n) is 23.3. The molecule has 1 saturated heterocycles. The number of anilines is 1. The van der Waals surface area contributed by atoms with Crippen LogP contribution in [0, 0.1) is 0 Å². The third kappa shape index (κ3) is 4.97. The number of aliphatic hydroxyl groups excluding tert-OH is 1. The van der Waals surface area contributed by atoms with Gasteiger partial charge in [0.15, 0.2) is 11.5 Å². The van der Waals surface area contributed by atoms with E-state index in [2.05, 4.69) is 0 Å². The molecule has 0 radical (unpaired) electrons. The Morgan fingerprint density at radius 3 is 2.38 bits per heavy atom. The average Bonchev–Trinajstić information content (AvgIpc) is 3.50. The van der Waals surface area contributed by atoms with E-state index >= 15 is 0 Å². The molecule has 5 rings (SSSR count). The van der Waals surface area contributed by atoms with Crippen LogP contribution < -0.4 is 23.8 Å². The molecule has 2 aliphatic rings. The van der Waals surface area contributed by atoms with Gasteiger partial charge in [-0.05, 0) is 80.3 Å². The summed E-state index contributed by atoms with van der Waals surface area (Å²) in [5.41, 5.74) is 2.42. The van der Waals surface area contributed by atoms with Gasteiger partial charge in [-0.1, -0.05) is 26.0 Å². The maximum Gasteiger partial charge on any atom is 0.300 e. The molecule has 0 aromatic heterocycles. The van der Waals surface area contributed by atoms with Crippen molar-refractivity contribution in [3.63, 3.8) is 0 Å². The van der Waals surface area contributed by atoms with Crippen molar-refractivity contribution in [2.24, 2.45) is 0 Å². The smallest absolute Gasteiger partial charge is 0.300 e. The Kier molecular flexibility index (Phi) is 7.43. The van der Waals surface area contributed by atoms with Crippen LogP contribution in [0.2, 0.25) is 0 Å². The zero-order valence-corrected chi connectivity index (χ0v) is 23.3. The average molecular weight is 544 g/mol. The fourth-order valence-electron chi connectivity index (χ4n) is 5.04. The lowest BCUT2D eigenvalue weighted by atomic mass is 9.93. The minimum absolute atomic E-state index is 0.000870. The van der Waals surface area contributed by atoms with E-state index in [1.807, 2.05) is 40.7 Å². The second-order valence-corrected chi connectivity index (χ2v) is 10.3. The van der Waals surface area contributed by atoms with Crippen LogP contribution in [0.3, 0.4) is 0 Å². The third-order valence-electron chi connectivity index (χ3n) is 6.85. The van der Waals surface area contributed by atoms with Crippen LogP contribution in [-0.2, 0) is 9.59 Å². The van der Waals surface area contributed by atoms with Crippen molar-refractivity contribution >= 4 is 23.1 Å². The molecule has 1 N–H and O–H groups in total. The van der Waals surface area contributed by atoms with Crippen LogP contribution in [0.1, 0.15) is 63.3 Å². The first-order valence-corrected chi connectivity index (χ1v) is 13.4. The van der Waals surface area contributed by atoms with Gasteiger partial charge in [-0.15, -0.1) is 0 Å². The second-order valence-electron chi connectivity index (χ2n) is 10.3. The molecule has 0 aliphatic carbocycles. The van der Waals surface area contributed by atoms with E-state index in [9.17, 15) is 14.7 Å². The van der Waals surface area contributed by atoms with Crippen LogP contribution in [0.5, 0.6) is 23.0 Å². The van der Waals surface area contributed by atoms with E-state index in [0.29, 0.717) is 46.4 Å². The van der Waals surface area contributed by atoms with E-state index in [0.717, 1.165) is 5.56 Å². The quantitative estimate of drug-likeness (QED) is 0.201. The van der Waals surface area contributed by atoms with Crippen LogP contribution in [0.15, 0.2) is 66.2 Å². The van der Waals surface area contributed by atoms with Gasteiger partial charge in [0.25, 0.3) is 11.7 Å². The first kappa shape index (κ1) is 27.1. The standard InChI is InChI=1S/C32H33NO7/c1-6-37-25-13-9-21(15-24(25)18(2)3)30(34)28-29(20-7-11-23(12-8-20)40-19(4)5)33(32(36)31(28)35)22-10-14-26-27(16-22)39-17-38-26/h7-16,18-19,29,34H,6,17H2,1-5H3/b30-28+. The molecule has 1 fully saturated rings. The molecule has 3 aromatic rings. The number of nitrogens with zero attached hydrogens (tertiary/aromatic N) is 1. The molecule has 8 heteroatoms. The van der Waals surface area contributed by atoms with Crippen LogP contribution >= 0.6 is 0 Å². The molecular formula is C32H33NO7. The fourth-order valence-corrected chi connectivity index (χ4v) is 5.04. The summed E-state index contributed by atoms with van der Waals surface area (Å²) in [6, 6.07) is 16.7. The topological polar surface area (TPSA) is 94.5 Å². The van der Waals surface area contributed by atoms with Gasteiger partial charge in [0.1, 0.15) is 17.3 Å². The van der Waals surface area contributed by atoms with Gasteiger partial charge >= 0.3 is 0 Å². The van der Waals surface area contributed by atoms with Gasteiger partial charge in [-0.3, -0.25) is 14.5 Å². The summed E-state index contributed by atoms with van der Waals surface area (Å²) in [7, 11) is 0. The minimum Gasteiger partial charge on any atom is -0.507 e. The number of carbonyl (C=O) groups is 2. The highest BCUT2D eigenvalue weighted by Crippen LogP contribution is 2.45. The Balaban J connectivity index is 1.66. The number of ketones is 1. The van der Waals surface area contributed by atoms with Crippen molar-refractivity contribution in [2.45, 2.75) is 52.7 Å². The summed E-state index contributed by atoms with van der Waals surface area (Å²) in [4.78, 5) is 28.6. The highest BCUT2D eigenvalue weighted by Gasteiger charge is 2.47. The van der Waals surface area contributed by atoms with Gasteiger partial charge in [0.2, 0.25) is 6.79 Å². The second kappa shape index (κ2) is 11.0. The molecule has 1 atom stereocenters. The Bertz CT molecular complexity index is 1470. The fraction of sp³-hybridized carbons (Fsp3) is 0.312. The highest BCUT2D eigenvalue weighted by atomic mass is 16.7. The molecule has 0 saturated carbocycles. The monoisotopic (exact) mass is 543 g/mol. The molecule has 8 nitrogen and oxygen atoms in total. The van der Waals surface area contributed by atoms with Crippen molar-refractivity contribution in [2.75, 3.05) is 18.3 Å². The first-order chi connectivity index (χ1) is 19.2. The summed E-state index contributed by atoms with van der Waals surface area (Å²) < 4.78 is 22.5. The van der Waals surface area contributed by atoms with Crippen molar-refractivity contribution in [1.29, 1.82) is 0 Å². The lowest BCUT2D eigenvalue weighted by Crippen LogP contribution is -2.29. The summed E-state index contributed by atoms with van der Waals surface area (Å²) >= 11 is 0. The van der Waals surface area contributed by atoms with Gasteiger partial charge in [-0.25, -0.2) is 0 Å². The SMILES string of the molecule is CCOc1ccc(/C(O)=C2\C(=O)C(=O)N(c3ccc4c(c3)OCO4)C2c2ccc(OC(C)C)cc2)cc1C(C)C. The predicted molar refractivity (Wildman–Crippen MR) is 151 cm³/mol. The molecule has 0 spiro atoms. The lowest BCUT2D eigenvalue weighted by molar-refractivity contribution is -0.132. The first-order valence-electron chi connectivity index (χ1n) is 13.4. The number of hydrogen-bond donors (Lipinski definition) is 1. The Morgan fingerprint density at radius 2 is 1.70 bits per heavy atom. The molecule has 1 amide bonds. The van der Waals surface area contributed by atoms with Crippen molar-refractivity contribution in [3.05, 3.63) is 82.9 Å². The van der Waals surface area contributed by atoms with Gasteiger partial charge in [0.05, 0.1) is 24.3 Å². The Hall–Kier alpha value is -4.46. The molecule has 3 aromatic carbocycles. The predicted octanol–water partition coefficient (Wildman–Crippen LogP) is 6.35. The van der Waals surface area contributed by atoms with Gasteiger partial charge in [-0.2, -0.15) is 0 Å². The number of amides is 1. The lowest BCUT2D eigenvalue weighted by Gasteiger charge is -2.26. The van der Waals surface area contributed by atoms with Crippen LogP contribution in [-0.4, -0.2) is 36.3 Å². The van der Waals surface area contributed by atoms with E-state index in [-0.39, 0.29) is 30.1 Å². The molecule has 2 heterocycles. The van der Waals surface area contributed by atoms with Crippen LogP contribution in [0.4, 0.5) is 5.69 Å². The molecule has 0 bridgehead atoms. The third-order valence-corrected chi connectivity index (χ3v) is 6.85. The normalized spacial score (nSPS) is 17.7. The number of carbonyl (C=O) groups excluding carboxylic acids is 2. The number of fused-ring (bicyclic) bond motifs is 1. The zero-order chi connectivity index (χ0) is 28.6. The summed E-state index contributed by atoms with van der Waals surface area (Å²) in [5.74, 6) is 0.743. The minimum atomic E-state index is -0.887.